The smallest absolute Gasteiger partial charge is 0.220 e. The minimum Gasteiger partial charge on any atom is -0.378 e. The van der Waals surface area contributed by atoms with Crippen molar-refractivity contribution in [1.82, 2.24) is 5.32 Å². The number of halogens is 1. The Morgan fingerprint density at radius 2 is 2.05 bits per heavy atom. The van der Waals surface area contributed by atoms with Gasteiger partial charge in [0.15, 0.2) is 9.84 Å². The van der Waals surface area contributed by atoms with E-state index in [4.69, 9.17) is 16.3 Å². The molecule has 0 spiro atoms. The number of rotatable bonds is 5. The summed E-state index contributed by atoms with van der Waals surface area (Å²) in [7, 11) is -3.09. The second kappa shape index (κ2) is 5.97. The second-order valence-corrected chi connectivity index (χ2v) is 8.10. The van der Waals surface area contributed by atoms with E-state index in [0.717, 1.165) is 12.8 Å². The molecule has 1 aliphatic heterocycles. The van der Waals surface area contributed by atoms with Crippen molar-refractivity contribution >= 4 is 27.3 Å². The summed E-state index contributed by atoms with van der Waals surface area (Å²) in [5, 5.41) is 2.23. The van der Waals surface area contributed by atoms with Crippen molar-refractivity contribution in [3.05, 3.63) is 0 Å². The molecule has 1 amide bonds. The number of carbonyl (C=O) groups is 1. The molecule has 7 heteroatoms. The molecule has 2 unspecified atom stereocenters. The van der Waals surface area contributed by atoms with Gasteiger partial charge in [0.25, 0.3) is 0 Å². The lowest BCUT2D eigenvalue weighted by Crippen LogP contribution is -2.43. The summed E-state index contributed by atoms with van der Waals surface area (Å²) in [6.07, 6.45) is 2.54. The third-order valence-electron chi connectivity index (χ3n) is 3.70. The van der Waals surface area contributed by atoms with Crippen molar-refractivity contribution in [2.75, 3.05) is 18.1 Å². The largest absolute Gasteiger partial charge is 0.378 e. The fraction of sp³-hybridized carbons (Fsp3) is 0.917. The Morgan fingerprint density at radius 3 is 2.58 bits per heavy atom. The van der Waals surface area contributed by atoms with E-state index < -0.39 is 21.3 Å². The molecule has 0 radical (unpaired) electrons. The molecule has 2 atom stereocenters. The highest BCUT2D eigenvalue weighted by Gasteiger charge is 2.38. The zero-order valence-corrected chi connectivity index (χ0v) is 12.5. The van der Waals surface area contributed by atoms with E-state index in [2.05, 4.69) is 5.32 Å². The van der Waals surface area contributed by atoms with Crippen LogP contribution in [0.5, 0.6) is 0 Å². The summed E-state index contributed by atoms with van der Waals surface area (Å²) in [5.74, 6) is 0.158. The minimum atomic E-state index is -3.09. The molecule has 2 aliphatic rings. The molecule has 5 nitrogen and oxygen atoms in total. The van der Waals surface area contributed by atoms with Crippen LogP contribution in [0.2, 0.25) is 0 Å². The average molecular weight is 310 g/mol. The fourth-order valence-corrected chi connectivity index (χ4v) is 5.23. The van der Waals surface area contributed by atoms with E-state index in [9.17, 15) is 13.2 Å². The molecule has 0 aromatic carbocycles. The van der Waals surface area contributed by atoms with Crippen molar-refractivity contribution in [2.45, 2.75) is 43.7 Å². The Labute approximate surface area is 118 Å². The second-order valence-electron chi connectivity index (χ2n) is 5.39. The van der Waals surface area contributed by atoms with Crippen molar-refractivity contribution < 1.29 is 17.9 Å². The van der Waals surface area contributed by atoms with Crippen LogP contribution in [0.15, 0.2) is 0 Å². The van der Waals surface area contributed by atoms with E-state index in [1.807, 2.05) is 6.92 Å². The van der Waals surface area contributed by atoms with Crippen LogP contribution in [0.3, 0.4) is 0 Å². The summed E-state index contributed by atoms with van der Waals surface area (Å²) in [4.78, 5) is 11.8. The zero-order chi connectivity index (χ0) is 14.0. The standard InChI is InChI=1S/C12H20ClNO4S/c1-2-18-9-3-8(4-9)5-12(15)14-11-7-19(16,17)6-10(11)13/h8-11H,2-7H2,1H3,(H,14,15). The number of nitrogens with one attached hydrogen (secondary N) is 1. The first-order chi connectivity index (χ1) is 8.89. The molecular weight excluding hydrogens is 290 g/mol. The van der Waals surface area contributed by atoms with E-state index >= 15 is 0 Å². The molecule has 1 N–H and O–H groups in total. The summed E-state index contributed by atoms with van der Waals surface area (Å²) >= 11 is 5.94. The first kappa shape index (κ1) is 15.1. The highest BCUT2D eigenvalue weighted by molar-refractivity contribution is 7.91. The molecule has 1 aliphatic carbocycles. The molecule has 2 fully saturated rings. The Balaban J connectivity index is 1.71. The number of hydrogen-bond donors (Lipinski definition) is 1. The molecule has 1 saturated carbocycles. The summed E-state index contributed by atoms with van der Waals surface area (Å²) < 4.78 is 28.2. The van der Waals surface area contributed by atoms with Crippen LogP contribution in [-0.4, -0.2) is 50.0 Å². The molecule has 0 bridgehead atoms. The number of carbonyl (C=O) groups excluding carboxylic acids is 1. The summed E-state index contributed by atoms with van der Waals surface area (Å²) in [5.41, 5.74) is 0. The SMILES string of the molecule is CCOC1CC(CC(=O)NC2CS(=O)(=O)CC2Cl)C1. The number of hydrogen-bond acceptors (Lipinski definition) is 4. The van der Waals surface area contributed by atoms with Gasteiger partial charge in [-0.1, -0.05) is 0 Å². The monoisotopic (exact) mass is 309 g/mol. The summed E-state index contributed by atoms with van der Waals surface area (Å²) in [6.45, 7) is 2.67. The maximum absolute atomic E-state index is 11.8. The lowest BCUT2D eigenvalue weighted by molar-refractivity contribution is -0.124. The van der Waals surface area contributed by atoms with Crippen molar-refractivity contribution in [2.24, 2.45) is 5.92 Å². The van der Waals surface area contributed by atoms with Gasteiger partial charge in [0.05, 0.1) is 29.0 Å². The van der Waals surface area contributed by atoms with Crippen LogP contribution < -0.4 is 5.32 Å². The van der Waals surface area contributed by atoms with Crippen LogP contribution in [0, 0.1) is 5.92 Å². The third kappa shape index (κ3) is 4.07. The van der Waals surface area contributed by atoms with E-state index in [0.29, 0.717) is 18.9 Å². The number of sulfone groups is 1. The number of ether oxygens (including phenoxy) is 1. The van der Waals surface area contributed by atoms with Crippen molar-refractivity contribution in [3.63, 3.8) is 0 Å². The zero-order valence-electron chi connectivity index (χ0n) is 11.0. The highest BCUT2D eigenvalue weighted by Crippen LogP contribution is 2.32. The van der Waals surface area contributed by atoms with Gasteiger partial charge in [-0.2, -0.15) is 0 Å². The topological polar surface area (TPSA) is 72.5 Å². The van der Waals surface area contributed by atoms with Gasteiger partial charge in [-0.05, 0) is 25.7 Å². The van der Waals surface area contributed by atoms with Crippen molar-refractivity contribution in [1.29, 1.82) is 0 Å². The van der Waals surface area contributed by atoms with E-state index in [1.54, 1.807) is 0 Å². The van der Waals surface area contributed by atoms with Crippen molar-refractivity contribution in [3.8, 4) is 0 Å². The van der Waals surface area contributed by atoms with Crippen LogP contribution in [0.4, 0.5) is 0 Å². The van der Waals surface area contributed by atoms with Gasteiger partial charge in [0.2, 0.25) is 5.91 Å². The van der Waals surface area contributed by atoms with Gasteiger partial charge in [0.1, 0.15) is 0 Å². The third-order valence-corrected chi connectivity index (χ3v) is 6.07. The molecule has 0 aromatic heterocycles. The fourth-order valence-electron chi connectivity index (χ4n) is 2.68. The maximum Gasteiger partial charge on any atom is 0.220 e. The molecule has 0 aromatic rings. The van der Waals surface area contributed by atoms with Gasteiger partial charge >= 0.3 is 0 Å². The van der Waals surface area contributed by atoms with Gasteiger partial charge < -0.3 is 10.1 Å². The Bertz CT molecular complexity index is 433. The molecule has 19 heavy (non-hydrogen) atoms. The highest BCUT2D eigenvalue weighted by atomic mass is 35.5. The first-order valence-electron chi connectivity index (χ1n) is 6.65. The van der Waals surface area contributed by atoms with Gasteiger partial charge in [-0.3, -0.25) is 4.79 Å². The maximum atomic E-state index is 11.8. The Morgan fingerprint density at radius 1 is 1.37 bits per heavy atom. The van der Waals surface area contributed by atoms with Gasteiger partial charge in [-0.25, -0.2) is 8.42 Å². The lowest BCUT2D eigenvalue weighted by Gasteiger charge is -2.34. The van der Waals surface area contributed by atoms with Gasteiger partial charge in [-0.15, -0.1) is 11.6 Å². The predicted molar refractivity (Wildman–Crippen MR) is 73.0 cm³/mol. The van der Waals surface area contributed by atoms with Crippen LogP contribution >= 0.6 is 11.6 Å². The molecule has 1 heterocycles. The Hall–Kier alpha value is -0.330. The molecule has 2 rings (SSSR count). The average Bonchev–Trinajstić information content (AvgIpc) is 2.48. The summed E-state index contributed by atoms with van der Waals surface area (Å²) in [6, 6.07) is -0.443. The lowest BCUT2D eigenvalue weighted by atomic mass is 9.80. The first-order valence-corrected chi connectivity index (χ1v) is 8.91. The van der Waals surface area contributed by atoms with Crippen LogP contribution in [-0.2, 0) is 19.4 Å². The number of amides is 1. The molecule has 1 saturated heterocycles. The quantitative estimate of drug-likeness (QED) is 0.759. The minimum absolute atomic E-state index is 0.0425. The Kier molecular flexibility index (Phi) is 4.74. The van der Waals surface area contributed by atoms with E-state index in [1.165, 1.54) is 0 Å². The van der Waals surface area contributed by atoms with Crippen LogP contribution in [0.25, 0.3) is 0 Å². The number of alkyl halides is 1. The normalized spacial score (nSPS) is 36.7. The van der Waals surface area contributed by atoms with E-state index in [-0.39, 0.29) is 23.5 Å². The molecule has 110 valence electrons. The predicted octanol–water partition coefficient (Wildman–Crippen LogP) is 0.712. The van der Waals surface area contributed by atoms with Crippen LogP contribution in [0.1, 0.15) is 26.2 Å². The molecular formula is C12H20ClNO4S. The van der Waals surface area contributed by atoms with Gasteiger partial charge in [0, 0.05) is 13.0 Å².